The Balaban J connectivity index is 1.15. The number of nitrogens with zero attached hydrogens (tertiary/aromatic N) is 2. The first-order valence-corrected chi connectivity index (χ1v) is 22.9. The second-order valence-corrected chi connectivity index (χ2v) is 21.8. The van der Waals surface area contributed by atoms with Gasteiger partial charge in [-0.05, 0) is 97.3 Å². The van der Waals surface area contributed by atoms with Gasteiger partial charge in [-0.15, -0.1) is 0 Å². The summed E-state index contributed by atoms with van der Waals surface area (Å²) < 4.78 is 0. The average molecular weight is 797 g/mol. The Morgan fingerprint density at radius 1 is 0.356 bits per heavy atom. The van der Waals surface area contributed by atoms with E-state index in [1.165, 1.54) is 115 Å². The van der Waals surface area contributed by atoms with E-state index in [0.29, 0.717) is 0 Å². The van der Waals surface area contributed by atoms with Gasteiger partial charge in [0.2, 0.25) is 0 Å². The van der Waals surface area contributed by atoms with Gasteiger partial charge in [0.25, 0.3) is 6.71 Å². The van der Waals surface area contributed by atoms with Crippen LogP contribution in [-0.2, 0) is 21.7 Å². The van der Waals surface area contributed by atoms with Gasteiger partial charge in [0, 0.05) is 64.0 Å². The van der Waals surface area contributed by atoms with E-state index >= 15 is 0 Å². The highest BCUT2D eigenvalue weighted by molar-refractivity contribution is 8.00. The third-order valence-corrected chi connectivity index (χ3v) is 17.9. The molecule has 0 aliphatic carbocycles. The highest BCUT2D eigenvalue weighted by Crippen LogP contribution is 2.60. The van der Waals surface area contributed by atoms with Crippen molar-refractivity contribution in [3.05, 3.63) is 172 Å². The third kappa shape index (κ3) is 4.10. The molecule has 7 aromatic rings. The van der Waals surface area contributed by atoms with Gasteiger partial charge in [0.05, 0.1) is 11.4 Å². The normalized spacial score (nSPS) is 18.8. The van der Waals surface area contributed by atoms with Crippen molar-refractivity contribution < 1.29 is 0 Å². The zero-order chi connectivity index (χ0) is 40.1. The Hall–Kier alpha value is -5.10. The zero-order valence-electron chi connectivity index (χ0n) is 34.9. The molecule has 6 aliphatic heterocycles. The molecule has 8 bridgehead atoms. The van der Waals surface area contributed by atoms with E-state index in [4.69, 9.17) is 0 Å². The van der Waals surface area contributed by atoms with Crippen LogP contribution >= 0.6 is 23.5 Å². The van der Waals surface area contributed by atoms with Crippen LogP contribution in [0.4, 0.5) is 34.1 Å². The Morgan fingerprint density at radius 2 is 0.695 bits per heavy atom. The van der Waals surface area contributed by atoms with Crippen molar-refractivity contribution >= 4 is 80.7 Å². The summed E-state index contributed by atoms with van der Waals surface area (Å²) in [6.45, 7) is 19.5. The maximum atomic E-state index is 2.65. The van der Waals surface area contributed by atoms with Crippen LogP contribution in [0.5, 0.6) is 0 Å². The number of fused-ring (bicyclic) bond motifs is 8. The van der Waals surface area contributed by atoms with Crippen LogP contribution in [0.3, 0.4) is 0 Å². The minimum atomic E-state index is -0.204. The lowest BCUT2D eigenvalue weighted by Crippen LogP contribution is -2.61. The predicted octanol–water partition coefficient (Wildman–Crippen LogP) is 12.6. The van der Waals surface area contributed by atoms with Crippen molar-refractivity contribution in [3.63, 3.8) is 0 Å². The molecular formula is C54H45BN2S2. The molecule has 0 spiro atoms. The van der Waals surface area contributed by atoms with Crippen LogP contribution < -0.4 is 26.2 Å². The number of hydrogen-bond donors (Lipinski definition) is 0. The zero-order valence-corrected chi connectivity index (χ0v) is 36.5. The lowest BCUT2D eigenvalue weighted by atomic mass is 9.33. The second-order valence-electron chi connectivity index (χ2n) is 19.7. The van der Waals surface area contributed by atoms with Crippen molar-refractivity contribution in [1.29, 1.82) is 0 Å². The molecule has 0 amide bonds. The molecule has 0 N–H and O–H groups in total. The second kappa shape index (κ2) is 11.0. The monoisotopic (exact) mass is 796 g/mol. The Bertz CT molecular complexity index is 2900. The molecule has 59 heavy (non-hydrogen) atoms. The van der Waals surface area contributed by atoms with Gasteiger partial charge in [0.15, 0.2) is 0 Å². The van der Waals surface area contributed by atoms with Crippen LogP contribution in [0.2, 0.25) is 0 Å². The van der Waals surface area contributed by atoms with Crippen molar-refractivity contribution in [2.24, 2.45) is 0 Å². The van der Waals surface area contributed by atoms with E-state index in [0.717, 1.165) is 0 Å². The third-order valence-electron chi connectivity index (χ3n) is 15.4. The lowest BCUT2D eigenvalue weighted by molar-refractivity contribution is 0.579. The summed E-state index contributed by atoms with van der Waals surface area (Å²) in [5.41, 5.74) is 22.3. The maximum absolute atomic E-state index is 2.65. The molecule has 286 valence electrons. The largest absolute Gasteiger partial charge is 0.310 e. The van der Waals surface area contributed by atoms with Crippen molar-refractivity contribution in [2.75, 3.05) is 9.80 Å². The summed E-state index contributed by atoms with van der Waals surface area (Å²) in [4.78, 5) is 10.9. The molecule has 2 nitrogen and oxygen atoms in total. The summed E-state index contributed by atoms with van der Waals surface area (Å²) in [5, 5.41) is 0. The molecule has 0 fully saturated rings. The first-order valence-electron chi connectivity index (χ1n) is 21.2. The summed E-state index contributed by atoms with van der Waals surface area (Å²) >= 11 is 3.99. The van der Waals surface area contributed by atoms with E-state index in [1.54, 1.807) is 0 Å². The van der Waals surface area contributed by atoms with Crippen molar-refractivity contribution in [3.8, 4) is 0 Å². The molecular weight excluding hydrogens is 752 g/mol. The molecule has 6 aliphatic rings. The van der Waals surface area contributed by atoms with Gasteiger partial charge in [0.1, 0.15) is 0 Å². The average Bonchev–Trinajstić information content (AvgIpc) is 3.22. The SMILES string of the molecule is CC1(C)c2ccc3c(c2)N(c2cccc4c2Sc2c1cccc2C4(C)C)c1cccc2c1B3c1ccc3cc1N2c1cccc2c1Sc1c(cccc1C2(C)C)C3(C)C. The minimum absolute atomic E-state index is 0.0731. The fraction of sp³-hybridized carbons (Fsp3) is 0.222. The number of benzene rings is 7. The molecule has 7 aromatic carbocycles. The molecule has 0 saturated heterocycles. The van der Waals surface area contributed by atoms with Gasteiger partial charge in [-0.25, -0.2) is 0 Å². The maximum Gasteiger partial charge on any atom is 0.252 e. The van der Waals surface area contributed by atoms with E-state index in [-0.39, 0.29) is 28.4 Å². The summed E-state index contributed by atoms with van der Waals surface area (Å²) in [6, 6.07) is 50.3. The first-order chi connectivity index (χ1) is 28.3. The van der Waals surface area contributed by atoms with E-state index in [2.05, 4.69) is 193 Å². The molecule has 5 heteroatoms. The summed E-state index contributed by atoms with van der Waals surface area (Å²) in [7, 11) is 0. The highest BCUT2D eigenvalue weighted by Gasteiger charge is 2.48. The standard InChI is InChI=1S/C54H45BN2S2/c1-51(2)30-24-26-38-44(28-30)56(42-22-11-18-36-49(42)58-47-32(51)14-9-16-34(47)53(36,5)6)40-20-13-21-41-46(40)55(38)39-27-25-31-29-45(39)57(41)43-23-12-19-37-50(43)59-48-33(52(31,3)4)15-10-17-35(48)54(37,7)8/h9-29H,1-8H3. The van der Waals surface area contributed by atoms with E-state index in [1.807, 2.05) is 23.5 Å². The molecule has 6 heterocycles. The van der Waals surface area contributed by atoms with Crippen LogP contribution in [0.25, 0.3) is 0 Å². The summed E-state index contributed by atoms with van der Waals surface area (Å²) in [5.74, 6) is 0. The van der Waals surface area contributed by atoms with Crippen molar-refractivity contribution in [1.82, 2.24) is 0 Å². The lowest BCUT2D eigenvalue weighted by Gasteiger charge is -2.48. The fourth-order valence-corrected chi connectivity index (χ4v) is 15.4. The molecule has 0 radical (unpaired) electrons. The predicted molar refractivity (Wildman–Crippen MR) is 250 cm³/mol. The van der Waals surface area contributed by atoms with Gasteiger partial charge < -0.3 is 9.80 Å². The highest BCUT2D eigenvalue weighted by atomic mass is 32.2. The van der Waals surface area contributed by atoms with E-state index < -0.39 is 0 Å². The Labute approximate surface area is 357 Å². The van der Waals surface area contributed by atoms with Gasteiger partial charge in [-0.1, -0.05) is 170 Å². The number of hydrogen-bond acceptors (Lipinski definition) is 4. The number of rotatable bonds is 0. The molecule has 0 unspecified atom stereocenters. The molecule has 13 rings (SSSR count). The van der Waals surface area contributed by atoms with E-state index in [9.17, 15) is 0 Å². The van der Waals surface area contributed by atoms with Crippen LogP contribution in [0.15, 0.2) is 147 Å². The van der Waals surface area contributed by atoms with Crippen molar-refractivity contribution in [2.45, 2.75) is 96.6 Å². The minimum Gasteiger partial charge on any atom is -0.310 e. The van der Waals surface area contributed by atoms with Gasteiger partial charge in [-0.2, -0.15) is 0 Å². The van der Waals surface area contributed by atoms with Gasteiger partial charge >= 0.3 is 0 Å². The molecule has 0 atom stereocenters. The van der Waals surface area contributed by atoms with Crippen LogP contribution in [-0.4, -0.2) is 6.71 Å². The molecule has 0 saturated carbocycles. The van der Waals surface area contributed by atoms with Crippen LogP contribution in [0, 0.1) is 0 Å². The first kappa shape index (κ1) is 34.7. The fourth-order valence-electron chi connectivity index (χ4n) is 11.9. The smallest absolute Gasteiger partial charge is 0.252 e. The topological polar surface area (TPSA) is 6.48 Å². The summed E-state index contributed by atoms with van der Waals surface area (Å²) in [6.07, 6.45) is 0. The quantitative estimate of drug-likeness (QED) is 0.141. The number of anilines is 6. The Kier molecular flexibility index (Phi) is 6.47. The Morgan fingerprint density at radius 3 is 1.12 bits per heavy atom. The molecule has 0 aromatic heterocycles. The van der Waals surface area contributed by atoms with Crippen LogP contribution in [0.1, 0.15) is 99.9 Å². The van der Waals surface area contributed by atoms with Gasteiger partial charge in [-0.3, -0.25) is 0 Å².